The third kappa shape index (κ3) is 1.53. The molecular formula is C7H8CaN4O2+2. The van der Waals surface area contributed by atoms with Crippen LogP contribution in [0.15, 0.2) is 15.9 Å². The van der Waals surface area contributed by atoms with E-state index in [1.165, 1.54) is 10.9 Å². The summed E-state index contributed by atoms with van der Waals surface area (Å²) in [6.07, 6.45) is 1.50. The molecule has 6 nitrogen and oxygen atoms in total. The number of aromatic amines is 1. The Morgan fingerprint density at radius 3 is 2.64 bits per heavy atom. The molecule has 0 aromatic carbocycles. The van der Waals surface area contributed by atoms with Gasteiger partial charge in [0.1, 0.15) is 0 Å². The van der Waals surface area contributed by atoms with Gasteiger partial charge >= 0.3 is 43.4 Å². The SMILES string of the molecule is Cn1cnc2c1c(=O)[nH]c(=O)n2C.[Ca+2]. The molecule has 0 unspecified atom stereocenters. The predicted molar refractivity (Wildman–Crippen MR) is 52.3 cm³/mol. The number of aromatic nitrogens is 4. The maximum Gasteiger partial charge on any atom is 2.00 e. The first-order valence-corrected chi connectivity index (χ1v) is 3.71. The fraction of sp³-hybridized carbons (Fsp3) is 0.286. The van der Waals surface area contributed by atoms with E-state index in [1.807, 2.05) is 0 Å². The van der Waals surface area contributed by atoms with Crippen molar-refractivity contribution in [3.05, 3.63) is 27.2 Å². The van der Waals surface area contributed by atoms with Gasteiger partial charge in [0.05, 0.1) is 6.33 Å². The maximum atomic E-state index is 11.3. The van der Waals surface area contributed by atoms with Crippen LogP contribution in [0.3, 0.4) is 0 Å². The average Bonchev–Trinajstić information content (AvgIpc) is 2.44. The van der Waals surface area contributed by atoms with Crippen LogP contribution in [0.25, 0.3) is 11.2 Å². The van der Waals surface area contributed by atoms with Gasteiger partial charge in [0.25, 0.3) is 5.56 Å². The van der Waals surface area contributed by atoms with Gasteiger partial charge in [-0.3, -0.25) is 14.3 Å². The minimum atomic E-state index is -0.448. The molecule has 2 heterocycles. The molecule has 2 rings (SSSR count). The molecular weight excluding hydrogens is 212 g/mol. The molecule has 1 N–H and O–H groups in total. The van der Waals surface area contributed by atoms with Gasteiger partial charge in [-0.05, 0) is 0 Å². The second-order valence-electron chi connectivity index (χ2n) is 2.85. The Morgan fingerprint density at radius 2 is 2.00 bits per heavy atom. The zero-order valence-corrected chi connectivity index (χ0v) is 10.2. The Balaban J connectivity index is 0.000000980. The van der Waals surface area contributed by atoms with Crippen LogP contribution in [0, 0.1) is 0 Å². The van der Waals surface area contributed by atoms with Crippen molar-refractivity contribution >= 4 is 48.9 Å². The molecule has 0 aliphatic heterocycles. The molecule has 2 aromatic heterocycles. The van der Waals surface area contributed by atoms with Crippen LogP contribution in [0.5, 0.6) is 0 Å². The van der Waals surface area contributed by atoms with E-state index in [1.54, 1.807) is 18.7 Å². The van der Waals surface area contributed by atoms with Gasteiger partial charge in [-0.2, -0.15) is 0 Å². The Morgan fingerprint density at radius 1 is 1.36 bits per heavy atom. The summed E-state index contributed by atoms with van der Waals surface area (Å²) in [6, 6.07) is 0. The number of H-pyrrole nitrogens is 1. The Labute approximate surface area is 109 Å². The fourth-order valence-electron chi connectivity index (χ4n) is 1.26. The first-order valence-electron chi connectivity index (χ1n) is 3.71. The monoisotopic (exact) mass is 220 g/mol. The summed E-state index contributed by atoms with van der Waals surface area (Å²) in [5, 5.41) is 0. The van der Waals surface area contributed by atoms with Gasteiger partial charge in [0.2, 0.25) is 0 Å². The van der Waals surface area contributed by atoms with Crippen LogP contribution in [-0.4, -0.2) is 56.8 Å². The van der Waals surface area contributed by atoms with Gasteiger partial charge in [-0.25, -0.2) is 9.78 Å². The van der Waals surface area contributed by atoms with Crippen molar-refractivity contribution in [3.63, 3.8) is 0 Å². The van der Waals surface area contributed by atoms with E-state index in [2.05, 4.69) is 9.97 Å². The molecule has 0 fully saturated rings. The number of hydrogen-bond donors (Lipinski definition) is 1. The van der Waals surface area contributed by atoms with Gasteiger partial charge in [0.15, 0.2) is 11.2 Å². The van der Waals surface area contributed by atoms with Crippen LogP contribution in [0.4, 0.5) is 0 Å². The second kappa shape index (κ2) is 3.88. The predicted octanol–water partition coefficient (Wildman–Crippen LogP) is -1.42. The minimum Gasteiger partial charge on any atom is -0.328 e. The summed E-state index contributed by atoms with van der Waals surface area (Å²) in [7, 11) is 3.27. The van der Waals surface area contributed by atoms with Crippen molar-refractivity contribution < 1.29 is 0 Å². The number of nitrogens with one attached hydrogen (secondary N) is 1. The molecule has 14 heavy (non-hydrogen) atoms. The van der Waals surface area contributed by atoms with Crippen LogP contribution < -0.4 is 11.2 Å². The normalized spacial score (nSPS) is 10.1. The molecule has 0 atom stereocenters. The quantitative estimate of drug-likeness (QED) is 0.554. The summed E-state index contributed by atoms with van der Waals surface area (Å²) in [5.41, 5.74) is -0.0485. The van der Waals surface area contributed by atoms with Crippen molar-refractivity contribution in [3.8, 4) is 0 Å². The number of aryl methyl sites for hydroxylation is 2. The molecule has 68 valence electrons. The number of rotatable bonds is 0. The number of hydrogen-bond acceptors (Lipinski definition) is 3. The summed E-state index contributed by atoms with van der Waals surface area (Å²) in [5.74, 6) is 0. The fourth-order valence-corrected chi connectivity index (χ4v) is 1.26. The third-order valence-electron chi connectivity index (χ3n) is 1.98. The van der Waals surface area contributed by atoms with Gasteiger partial charge in [-0.15, -0.1) is 0 Å². The first kappa shape index (κ1) is 11.5. The molecule has 0 amide bonds. The van der Waals surface area contributed by atoms with Crippen molar-refractivity contribution in [1.29, 1.82) is 0 Å². The topological polar surface area (TPSA) is 72.7 Å². The van der Waals surface area contributed by atoms with E-state index in [0.717, 1.165) is 0 Å². The van der Waals surface area contributed by atoms with Crippen molar-refractivity contribution in [1.82, 2.24) is 19.1 Å². The Kier molecular flexibility index (Phi) is 3.18. The van der Waals surface area contributed by atoms with E-state index in [9.17, 15) is 9.59 Å². The summed E-state index contributed by atoms with van der Waals surface area (Å²) in [4.78, 5) is 28.6. The molecule has 0 bridgehead atoms. The molecule has 0 saturated carbocycles. The number of nitrogens with zero attached hydrogens (tertiary/aromatic N) is 3. The van der Waals surface area contributed by atoms with E-state index in [-0.39, 0.29) is 37.7 Å². The zero-order chi connectivity index (χ0) is 9.59. The molecule has 0 spiro atoms. The van der Waals surface area contributed by atoms with Crippen molar-refractivity contribution in [2.45, 2.75) is 0 Å². The second-order valence-corrected chi connectivity index (χ2v) is 2.85. The Bertz CT molecular complexity index is 579. The van der Waals surface area contributed by atoms with Crippen molar-refractivity contribution in [2.75, 3.05) is 0 Å². The Hall–Kier alpha value is -0.590. The molecule has 0 radical (unpaired) electrons. The molecule has 7 heteroatoms. The van der Waals surface area contributed by atoms with Gasteiger partial charge in [-0.1, -0.05) is 0 Å². The zero-order valence-electron chi connectivity index (χ0n) is 7.94. The molecule has 0 aliphatic carbocycles. The van der Waals surface area contributed by atoms with E-state index >= 15 is 0 Å². The number of imidazole rings is 1. The van der Waals surface area contributed by atoms with E-state index in [0.29, 0.717) is 11.2 Å². The van der Waals surface area contributed by atoms with Crippen LogP contribution in [-0.2, 0) is 14.1 Å². The molecule has 0 aliphatic rings. The maximum absolute atomic E-state index is 11.3. The average molecular weight is 220 g/mol. The number of fused-ring (bicyclic) bond motifs is 1. The van der Waals surface area contributed by atoms with Crippen LogP contribution in [0.2, 0.25) is 0 Å². The summed E-state index contributed by atoms with van der Waals surface area (Å²) < 4.78 is 2.88. The largest absolute Gasteiger partial charge is 2.00 e. The van der Waals surface area contributed by atoms with E-state index < -0.39 is 11.2 Å². The first-order chi connectivity index (χ1) is 6.11. The summed E-state index contributed by atoms with van der Waals surface area (Å²) in [6.45, 7) is 0. The third-order valence-corrected chi connectivity index (χ3v) is 1.98. The molecule has 0 saturated heterocycles. The standard InChI is InChI=1S/C7H8N4O2.Ca/c1-10-3-8-5-4(10)6(12)9-7(13)11(5)2;/h3H,1-2H3,(H,9,12,13);/q;+2. The van der Waals surface area contributed by atoms with E-state index in [4.69, 9.17) is 0 Å². The van der Waals surface area contributed by atoms with Gasteiger partial charge in [0, 0.05) is 14.1 Å². The summed E-state index contributed by atoms with van der Waals surface area (Å²) >= 11 is 0. The van der Waals surface area contributed by atoms with Gasteiger partial charge < -0.3 is 4.57 Å². The smallest absolute Gasteiger partial charge is 0.328 e. The minimum absolute atomic E-state index is 0. The molecule has 2 aromatic rings. The van der Waals surface area contributed by atoms with Crippen LogP contribution in [0.1, 0.15) is 0 Å². The van der Waals surface area contributed by atoms with Crippen LogP contribution >= 0.6 is 0 Å². The van der Waals surface area contributed by atoms with Crippen molar-refractivity contribution in [2.24, 2.45) is 14.1 Å².